The van der Waals surface area contributed by atoms with Crippen molar-refractivity contribution in [3.05, 3.63) is 158 Å². The standard InChI is InChI=1S/C46H26N2O/c1-2-10-27(11-3-1)40-22-20-28-18-19-29-21-23-41(48-46(29)45(28)47-40)38-26-43-44(35-17-9-8-16-34(35)38)39-24-36-32-14-6-4-12-30(32)31-13-5-7-15-33(31)37(36)25-42(39)49-43/h1-26H. The molecule has 0 atom stereocenters. The fraction of sp³-hybridized carbons (Fsp3) is 0. The molecule has 226 valence electrons. The van der Waals surface area contributed by atoms with Crippen molar-refractivity contribution in [2.75, 3.05) is 0 Å². The predicted molar refractivity (Wildman–Crippen MR) is 205 cm³/mol. The van der Waals surface area contributed by atoms with E-state index in [1.165, 1.54) is 32.3 Å². The van der Waals surface area contributed by atoms with Crippen LogP contribution in [0.2, 0.25) is 0 Å². The van der Waals surface area contributed by atoms with Gasteiger partial charge in [-0.3, -0.25) is 0 Å². The summed E-state index contributed by atoms with van der Waals surface area (Å²) in [4.78, 5) is 10.5. The Morgan fingerprint density at radius 1 is 0.347 bits per heavy atom. The third-order valence-corrected chi connectivity index (χ3v) is 10.2. The third-order valence-electron chi connectivity index (χ3n) is 10.2. The largest absolute Gasteiger partial charge is 0.456 e. The zero-order valence-electron chi connectivity index (χ0n) is 26.3. The van der Waals surface area contributed by atoms with Gasteiger partial charge in [0, 0.05) is 32.7 Å². The minimum atomic E-state index is 0.858. The highest BCUT2D eigenvalue weighted by Crippen LogP contribution is 2.44. The lowest BCUT2D eigenvalue weighted by Crippen LogP contribution is -1.91. The number of fused-ring (bicyclic) bond motifs is 14. The van der Waals surface area contributed by atoms with Crippen molar-refractivity contribution in [2.24, 2.45) is 0 Å². The van der Waals surface area contributed by atoms with Gasteiger partial charge in [0.05, 0.1) is 22.4 Å². The zero-order valence-corrected chi connectivity index (χ0v) is 26.3. The lowest BCUT2D eigenvalue weighted by Gasteiger charge is -2.11. The summed E-state index contributed by atoms with van der Waals surface area (Å²) in [5.41, 5.74) is 7.51. The van der Waals surface area contributed by atoms with Gasteiger partial charge in [-0.1, -0.05) is 127 Å². The van der Waals surface area contributed by atoms with E-state index in [-0.39, 0.29) is 0 Å². The topological polar surface area (TPSA) is 38.9 Å². The minimum absolute atomic E-state index is 0.858. The van der Waals surface area contributed by atoms with E-state index in [9.17, 15) is 0 Å². The Balaban J connectivity index is 1.19. The Hall–Kier alpha value is -6.58. The molecule has 0 saturated carbocycles. The van der Waals surface area contributed by atoms with Gasteiger partial charge in [-0.25, -0.2) is 9.97 Å². The molecule has 11 aromatic rings. The first-order valence-electron chi connectivity index (χ1n) is 16.7. The van der Waals surface area contributed by atoms with E-state index in [1.807, 2.05) is 18.2 Å². The first-order chi connectivity index (χ1) is 24.3. The first kappa shape index (κ1) is 26.5. The Morgan fingerprint density at radius 3 is 1.53 bits per heavy atom. The maximum Gasteiger partial charge on any atom is 0.136 e. The van der Waals surface area contributed by atoms with E-state index in [2.05, 4.69) is 140 Å². The monoisotopic (exact) mass is 622 g/mol. The Bertz CT molecular complexity index is 3160. The summed E-state index contributed by atoms with van der Waals surface area (Å²) in [5, 5.41) is 14.2. The van der Waals surface area contributed by atoms with Crippen LogP contribution in [-0.4, -0.2) is 9.97 Å². The van der Waals surface area contributed by atoms with E-state index in [4.69, 9.17) is 14.4 Å². The maximum atomic E-state index is 6.77. The molecule has 0 aliphatic heterocycles. The summed E-state index contributed by atoms with van der Waals surface area (Å²) in [7, 11) is 0. The summed E-state index contributed by atoms with van der Waals surface area (Å²) in [6, 6.07) is 55.9. The first-order valence-corrected chi connectivity index (χ1v) is 16.7. The Labute approximate surface area is 280 Å². The van der Waals surface area contributed by atoms with Crippen molar-refractivity contribution in [1.82, 2.24) is 9.97 Å². The normalized spacial score (nSPS) is 12.1. The summed E-state index contributed by atoms with van der Waals surface area (Å²) < 4.78 is 6.77. The van der Waals surface area contributed by atoms with Gasteiger partial charge in [-0.15, -0.1) is 0 Å². The van der Waals surface area contributed by atoms with Crippen molar-refractivity contribution < 1.29 is 4.42 Å². The van der Waals surface area contributed by atoms with Gasteiger partial charge in [0.1, 0.15) is 11.2 Å². The number of pyridine rings is 2. The molecule has 3 heteroatoms. The summed E-state index contributed by atoms with van der Waals surface area (Å²) >= 11 is 0. The molecule has 0 N–H and O–H groups in total. The summed E-state index contributed by atoms with van der Waals surface area (Å²) in [6.07, 6.45) is 0. The van der Waals surface area contributed by atoms with Gasteiger partial charge in [-0.2, -0.15) is 0 Å². The second-order valence-electron chi connectivity index (χ2n) is 12.9. The number of hydrogen-bond acceptors (Lipinski definition) is 3. The van der Waals surface area contributed by atoms with Crippen LogP contribution in [0.1, 0.15) is 0 Å². The van der Waals surface area contributed by atoms with Crippen molar-refractivity contribution >= 4 is 86.8 Å². The number of rotatable bonds is 2. The fourth-order valence-electron chi connectivity index (χ4n) is 7.94. The predicted octanol–water partition coefficient (Wildman–Crippen LogP) is 12.6. The molecule has 0 radical (unpaired) electrons. The van der Waals surface area contributed by atoms with Gasteiger partial charge >= 0.3 is 0 Å². The average molecular weight is 623 g/mol. The van der Waals surface area contributed by atoms with Gasteiger partial charge in [0.15, 0.2) is 0 Å². The third kappa shape index (κ3) is 3.84. The van der Waals surface area contributed by atoms with Crippen molar-refractivity contribution in [2.45, 2.75) is 0 Å². The molecule has 0 aliphatic rings. The number of hydrogen-bond donors (Lipinski definition) is 0. The van der Waals surface area contributed by atoms with Crippen LogP contribution in [0.15, 0.2) is 162 Å². The number of aromatic nitrogens is 2. The molecule has 0 aliphatic carbocycles. The van der Waals surface area contributed by atoms with Crippen LogP contribution in [0.4, 0.5) is 0 Å². The molecular weight excluding hydrogens is 597 g/mol. The number of benzene rings is 8. The van der Waals surface area contributed by atoms with Crippen LogP contribution in [0.25, 0.3) is 109 Å². The molecule has 11 rings (SSSR count). The van der Waals surface area contributed by atoms with Crippen molar-refractivity contribution in [1.29, 1.82) is 0 Å². The second-order valence-corrected chi connectivity index (χ2v) is 12.9. The highest BCUT2D eigenvalue weighted by Gasteiger charge is 2.19. The van der Waals surface area contributed by atoms with E-state index >= 15 is 0 Å². The number of nitrogens with zero attached hydrogens (tertiary/aromatic N) is 2. The molecule has 0 unspecified atom stereocenters. The van der Waals surface area contributed by atoms with Gasteiger partial charge in [0.25, 0.3) is 0 Å². The Morgan fingerprint density at radius 2 is 0.857 bits per heavy atom. The molecule has 0 fully saturated rings. The van der Waals surface area contributed by atoms with Gasteiger partial charge < -0.3 is 4.42 Å². The molecule has 0 bridgehead atoms. The fourth-order valence-corrected chi connectivity index (χ4v) is 7.94. The molecule has 0 amide bonds. The molecule has 8 aromatic carbocycles. The smallest absolute Gasteiger partial charge is 0.136 e. The van der Waals surface area contributed by atoms with E-state index in [1.54, 1.807) is 0 Å². The average Bonchev–Trinajstić information content (AvgIpc) is 3.54. The van der Waals surface area contributed by atoms with Crippen LogP contribution < -0.4 is 0 Å². The minimum Gasteiger partial charge on any atom is -0.456 e. The van der Waals surface area contributed by atoms with Crippen LogP contribution in [0, 0.1) is 0 Å². The molecule has 3 nitrogen and oxygen atoms in total. The van der Waals surface area contributed by atoms with Crippen LogP contribution in [0.5, 0.6) is 0 Å². The quantitative estimate of drug-likeness (QED) is 0.180. The summed E-state index contributed by atoms with van der Waals surface area (Å²) in [6.45, 7) is 0. The lowest BCUT2D eigenvalue weighted by atomic mass is 9.92. The van der Waals surface area contributed by atoms with Crippen LogP contribution in [0.3, 0.4) is 0 Å². The second kappa shape index (κ2) is 9.96. The lowest BCUT2D eigenvalue weighted by molar-refractivity contribution is 0.670. The van der Waals surface area contributed by atoms with E-state index in [0.29, 0.717) is 0 Å². The molecule has 49 heavy (non-hydrogen) atoms. The van der Waals surface area contributed by atoms with E-state index < -0.39 is 0 Å². The van der Waals surface area contributed by atoms with Crippen molar-refractivity contribution in [3.63, 3.8) is 0 Å². The molecule has 3 heterocycles. The molecule has 0 spiro atoms. The van der Waals surface area contributed by atoms with Crippen LogP contribution >= 0.6 is 0 Å². The highest BCUT2D eigenvalue weighted by atomic mass is 16.3. The maximum absolute atomic E-state index is 6.77. The van der Waals surface area contributed by atoms with Crippen LogP contribution in [-0.2, 0) is 0 Å². The van der Waals surface area contributed by atoms with E-state index in [0.717, 1.165) is 77.0 Å². The van der Waals surface area contributed by atoms with Gasteiger partial charge in [0.2, 0.25) is 0 Å². The Kier molecular flexibility index (Phi) is 5.38. The van der Waals surface area contributed by atoms with Crippen molar-refractivity contribution in [3.8, 4) is 22.5 Å². The molecule has 0 saturated heterocycles. The summed E-state index contributed by atoms with van der Waals surface area (Å²) in [5.74, 6) is 0. The number of furan rings is 1. The highest BCUT2D eigenvalue weighted by molar-refractivity contribution is 6.30. The zero-order chi connectivity index (χ0) is 32.1. The SMILES string of the molecule is c1ccc(-c2ccc3ccc4ccc(-c5cc6oc7cc8c9ccccc9c9ccccc9c8cc7c6c6ccccc56)nc4c3n2)cc1. The molecule has 3 aromatic heterocycles. The van der Waals surface area contributed by atoms with Gasteiger partial charge in [-0.05, 0) is 73.4 Å². The molecular formula is C46H26N2O.